The summed E-state index contributed by atoms with van der Waals surface area (Å²) in [6.45, 7) is 3.69. The molecular weight excluding hydrogens is 244 g/mol. The number of hydrogen-bond donors (Lipinski definition) is 3. The highest BCUT2D eigenvalue weighted by molar-refractivity contribution is 7.85. The number of aliphatic hydroxyl groups is 2. The van der Waals surface area contributed by atoms with Crippen molar-refractivity contribution in [3.05, 3.63) is 30.3 Å². The molecule has 17 heavy (non-hydrogen) atoms. The number of benzene rings is 1. The molecule has 0 aliphatic carbocycles. The van der Waals surface area contributed by atoms with Gasteiger partial charge in [0, 0.05) is 5.41 Å². The second-order valence-corrected chi connectivity index (χ2v) is 5.69. The molecule has 0 heterocycles. The van der Waals surface area contributed by atoms with Crippen LogP contribution in [0.1, 0.15) is 13.8 Å². The van der Waals surface area contributed by atoms with Gasteiger partial charge in [-0.05, 0) is 12.1 Å². The van der Waals surface area contributed by atoms with E-state index >= 15 is 0 Å². The van der Waals surface area contributed by atoms with Crippen LogP contribution in [0.3, 0.4) is 0 Å². The molecule has 1 aromatic rings. The maximum Gasteiger partial charge on any atom is 0.294 e. The molecule has 0 aliphatic rings. The van der Waals surface area contributed by atoms with Gasteiger partial charge in [0.15, 0.2) is 0 Å². The molecule has 1 aromatic carbocycles. The summed E-state index contributed by atoms with van der Waals surface area (Å²) in [5.41, 5.74) is -0.306. The van der Waals surface area contributed by atoms with Crippen LogP contribution in [0.15, 0.2) is 35.2 Å². The van der Waals surface area contributed by atoms with Crippen LogP contribution in [-0.2, 0) is 10.1 Å². The molecule has 1 rings (SSSR count). The quantitative estimate of drug-likeness (QED) is 0.704. The van der Waals surface area contributed by atoms with Crippen molar-refractivity contribution >= 4 is 10.1 Å². The van der Waals surface area contributed by atoms with Crippen LogP contribution in [0.25, 0.3) is 0 Å². The van der Waals surface area contributed by atoms with E-state index in [1.807, 2.05) is 0 Å². The predicted octanol–water partition coefficient (Wildman–Crippen LogP) is 0.931. The van der Waals surface area contributed by atoms with Crippen LogP contribution in [0, 0.1) is 5.41 Å². The highest BCUT2D eigenvalue weighted by Crippen LogP contribution is 2.10. The van der Waals surface area contributed by atoms with Gasteiger partial charge in [-0.2, -0.15) is 8.42 Å². The summed E-state index contributed by atoms with van der Waals surface area (Å²) in [5.74, 6) is 0. The molecule has 0 fully saturated rings. The topological polar surface area (TPSA) is 94.8 Å². The van der Waals surface area contributed by atoms with Crippen LogP contribution in [0.2, 0.25) is 0 Å². The summed E-state index contributed by atoms with van der Waals surface area (Å²) in [5, 5.41) is 16.9. The number of rotatable bonds is 3. The smallest absolute Gasteiger partial charge is 0.294 e. The maximum absolute atomic E-state index is 10.4. The molecule has 3 N–H and O–H groups in total. The summed E-state index contributed by atoms with van der Waals surface area (Å²) in [7, 11) is -4.00. The maximum atomic E-state index is 10.4. The first kappa shape index (κ1) is 16.1. The molecule has 0 atom stereocenters. The van der Waals surface area contributed by atoms with E-state index in [9.17, 15) is 8.42 Å². The van der Waals surface area contributed by atoms with E-state index < -0.39 is 10.1 Å². The van der Waals surface area contributed by atoms with E-state index in [1.165, 1.54) is 12.1 Å². The molecule has 0 saturated carbocycles. The molecule has 0 unspecified atom stereocenters. The number of aliphatic hydroxyl groups excluding tert-OH is 2. The first-order valence-corrected chi connectivity index (χ1v) is 6.41. The van der Waals surface area contributed by atoms with Crippen LogP contribution < -0.4 is 0 Å². The Balaban J connectivity index is 0.000000325. The molecule has 0 radical (unpaired) electrons. The predicted molar refractivity (Wildman–Crippen MR) is 64.2 cm³/mol. The van der Waals surface area contributed by atoms with E-state index in [0.29, 0.717) is 0 Å². The molecule has 0 aromatic heterocycles. The van der Waals surface area contributed by atoms with E-state index in [1.54, 1.807) is 32.0 Å². The average molecular weight is 262 g/mol. The Labute approximate surface area is 101 Å². The summed E-state index contributed by atoms with van der Waals surface area (Å²) >= 11 is 0. The fourth-order valence-corrected chi connectivity index (χ4v) is 1.14. The highest BCUT2D eigenvalue weighted by Gasteiger charge is 2.13. The summed E-state index contributed by atoms with van der Waals surface area (Å²) in [4.78, 5) is -0.0741. The lowest BCUT2D eigenvalue weighted by Gasteiger charge is -2.16. The highest BCUT2D eigenvalue weighted by atomic mass is 32.2. The Hall–Kier alpha value is -0.950. The molecule has 0 saturated heterocycles. The summed E-state index contributed by atoms with van der Waals surface area (Å²) in [6.07, 6.45) is 0. The zero-order chi connectivity index (χ0) is 13.5. The molecule has 98 valence electrons. The monoisotopic (exact) mass is 262 g/mol. The van der Waals surface area contributed by atoms with Crippen molar-refractivity contribution in [3.8, 4) is 0 Å². The zero-order valence-electron chi connectivity index (χ0n) is 9.87. The molecule has 0 aliphatic heterocycles. The van der Waals surface area contributed by atoms with Crippen LogP contribution >= 0.6 is 0 Å². The van der Waals surface area contributed by atoms with Crippen molar-refractivity contribution in [2.24, 2.45) is 5.41 Å². The Kier molecular flexibility index (Phi) is 6.33. The second-order valence-electron chi connectivity index (χ2n) is 4.27. The summed E-state index contributed by atoms with van der Waals surface area (Å²) in [6, 6.07) is 7.42. The Morgan fingerprint density at radius 2 is 1.47 bits per heavy atom. The normalized spacial score (nSPS) is 11.6. The van der Waals surface area contributed by atoms with E-state index in [-0.39, 0.29) is 23.5 Å². The van der Waals surface area contributed by atoms with Gasteiger partial charge in [0.2, 0.25) is 0 Å². The first-order valence-electron chi connectivity index (χ1n) is 4.97. The van der Waals surface area contributed by atoms with E-state index in [4.69, 9.17) is 14.8 Å². The van der Waals surface area contributed by atoms with Gasteiger partial charge in [0.25, 0.3) is 10.1 Å². The van der Waals surface area contributed by atoms with Gasteiger partial charge < -0.3 is 10.2 Å². The third-order valence-electron chi connectivity index (χ3n) is 1.90. The Bertz CT molecular complexity index is 405. The lowest BCUT2D eigenvalue weighted by Crippen LogP contribution is -2.20. The summed E-state index contributed by atoms with van der Waals surface area (Å²) < 4.78 is 29.2. The lowest BCUT2D eigenvalue weighted by molar-refractivity contribution is 0.0857. The Morgan fingerprint density at radius 1 is 1.06 bits per heavy atom. The van der Waals surface area contributed by atoms with E-state index in [0.717, 1.165) is 0 Å². The van der Waals surface area contributed by atoms with Gasteiger partial charge >= 0.3 is 0 Å². The van der Waals surface area contributed by atoms with Gasteiger partial charge in [-0.25, -0.2) is 0 Å². The average Bonchev–Trinajstić information content (AvgIpc) is 2.30. The number of hydrogen-bond acceptors (Lipinski definition) is 4. The van der Waals surface area contributed by atoms with Crippen molar-refractivity contribution in [1.29, 1.82) is 0 Å². The van der Waals surface area contributed by atoms with Crippen molar-refractivity contribution in [1.82, 2.24) is 0 Å². The van der Waals surface area contributed by atoms with Gasteiger partial charge in [0.05, 0.1) is 18.1 Å². The Morgan fingerprint density at radius 3 is 1.65 bits per heavy atom. The lowest BCUT2D eigenvalue weighted by atomic mass is 9.97. The fourth-order valence-electron chi connectivity index (χ4n) is 0.642. The third kappa shape index (κ3) is 7.06. The largest absolute Gasteiger partial charge is 0.396 e. The molecule has 0 bridgehead atoms. The van der Waals surface area contributed by atoms with Crippen molar-refractivity contribution in [2.45, 2.75) is 18.7 Å². The molecule has 0 spiro atoms. The van der Waals surface area contributed by atoms with Gasteiger partial charge in [0.1, 0.15) is 0 Å². The molecule has 0 amide bonds. The van der Waals surface area contributed by atoms with Crippen molar-refractivity contribution in [2.75, 3.05) is 13.2 Å². The molecule has 5 nitrogen and oxygen atoms in total. The third-order valence-corrected chi connectivity index (χ3v) is 2.77. The zero-order valence-corrected chi connectivity index (χ0v) is 10.7. The minimum Gasteiger partial charge on any atom is -0.396 e. The van der Waals surface area contributed by atoms with Crippen molar-refractivity contribution < 1.29 is 23.2 Å². The fraction of sp³-hybridized carbons (Fsp3) is 0.455. The minimum atomic E-state index is -4.00. The first-order chi connectivity index (χ1) is 7.73. The minimum absolute atomic E-state index is 0.0451. The van der Waals surface area contributed by atoms with Crippen LogP contribution in [0.4, 0.5) is 0 Å². The van der Waals surface area contributed by atoms with Gasteiger partial charge in [-0.3, -0.25) is 4.55 Å². The van der Waals surface area contributed by atoms with Gasteiger partial charge in [-0.15, -0.1) is 0 Å². The standard InChI is InChI=1S/C6H6O3S.C5H12O2/c7-10(8,9)6-4-2-1-3-5-6;1-5(2,3-6)4-7/h1-5H,(H,7,8,9);6-7H,3-4H2,1-2H3. The van der Waals surface area contributed by atoms with Crippen molar-refractivity contribution in [3.63, 3.8) is 0 Å². The molecule has 6 heteroatoms. The van der Waals surface area contributed by atoms with Gasteiger partial charge in [-0.1, -0.05) is 32.0 Å². The van der Waals surface area contributed by atoms with E-state index in [2.05, 4.69) is 0 Å². The van der Waals surface area contributed by atoms with Crippen LogP contribution in [-0.4, -0.2) is 36.4 Å². The molecular formula is C11H18O5S. The van der Waals surface area contributed by atoms with Crippen LogP contribution in [0.5, 0.6) is 0 Å². The second kappa shape index (κ2) is 6.70. The SMILES string of the molecule is CC(C)(CO)CO.O=S(=O)(O)c1ccccc1.